The second-order valence-electron chi connectivity index (χ2n) is 4.62. The molecule has 0 radical (unpaired) electrons. The summed E-state index contributed by atoms with van der Waals surface area (Å²) in [5.74, 6) is -0.895. The van der Waals surface area contributed by atoms with Gasteiger partial charge in [-0.05, 0) is 36.8 Å². The molecule has 0 aliphatic carbocycles. The Morgan fingerprint density at radius 3 is 2.29 bits per heavy atom. The molecule has 0 amide bonds. The van der Waals surface area contributed by atoms with Crippen molar-refractivity contribution in [3.05, 3.63) is 35.4 Å². The van der Waals surface area contributed by atoms with Crippen molar-refractivity contribution in [2.75, 3.05) is 18.5 Å². The summed E-state index contributed by atoms with van der Waals surface area (Å²) in [5, 5.41) is 0.747. The molecule has 1 heterocycles. The van der Waals surface area contributed by atoms with Crippen LogP contribution in [0.2, 0.25) is 0 Å². The van der Waals surface area contributed by atoms with Crippen LogP contribution in [-0.4, -0.2) is 18.5 Å². The first-order chi connectivity index (χ1) is 8.17. The summed E-state index contributed by atoms with van der Waals surface area (Å²) >= 11 is 3.47. The van der Waals surface area contributed by atoms with Gasteiger partial charge in [0.1, 0.15) is 11.6 Å². The molecule has 0 bridgehead atoms. The summed E-state index contributed by atoms with van der Waals surface area (Å²) in [5.41, 5.74) is 0.121. The maximum Gasteiger partial charge on any atom is 0.129 e. The Balaban J connectivity index is 2.23. The Morgan fingerprint density at radius 1 is 1.18 bits per heavy atom. The van der Waals surface area contributed by atoms with Gasteiger partial charge in [0.25, 0.3) is 0 Å². The van der Waals surface area contributed by atoms with Crippen LogP contribution in [0.25, 0.3) is 0 Å². The van der Waals surface area contributed by atoms with E-state index in [4.69, 9.17) is 4.74 Å². The quantitative estimate of drug-likeness (QED) is 0.774. The minimum absolute atomic E-state index is 0.0821. The first kappa shape index (κ1) is 13.0. The van der Waals surface area contributed by atoms with E-state index >= 15 is 0 Å². The van der Waals surface area contributed by atoms with Gasteiger partial charge in [-0.2, -0.15) is 0 Å². The smallest absolute Gasteiger partial charge is 0.129 e. The predicted molar refractivity (Wildman–Crippen MR) is 66.3 cm³/mol. The molecule has 94 valence electrons. The molecular weight excluding hydrogens is 290 g/mol. The van der Waals surface area contributed by atoms with Crippen molar-refractivity contribution in [1.82, 2.24) is 0 Å². The van der Waals surface area contributed by atoms with Crippen LogP contribution in [0.15, 0.2) is 18.2 Å². The lowest BCUT2D eigenvalue weighted by Gasteiger charge is -2.36. The van der Waals surface area contributed by atoms with Gasteiger partial charge < -0.3 is 4.74 Å². The maximum atomic E-state index is 13.6. The van der Waals surface area contributed by atoms with Crippen LogP contribution >= 0.6 is 15.9 Å². The van der Waals surface area contributed by atoms with Crippen molar-refractivity contribution in [2.24, 2.45) is 5.41 Å². The van der Waals surface area contributed by atoms with Gasteiger partial charge in [0.15, 0.2) is 0 Å². The summed E-state index contributed by atoms with van der Waals surface area (Å²) in [6.07, 6.45) is 2.11. The molecule has 1 aromatic carbocycles. The van der Waals surface area contributed by atoms with Gasteiger partial charge in [-0.1, -0.05) is 22.0 Å². The second-order valence-corrected chi connectivity index (χ2v) is 5.18. The molecule has 0 unspecified atom stereocenters. The van der Waals surface area contributed by atoms with Gasteiger partial charge in [-0.25, -0.2) is 8.78 Å². The van der Waals surface area contributed by atoms with Crippen LogP contribution in [0.5, 0.6) is 0 Å². The fourth-order valence-corrected chi connectivity index (χ4v) is 3.00. The Morgan fingerprint density at radius 2 is 1.76 bits per heavy atom. The predicted octanol–water partition coefficient (Wildman–Crippen LogP) is 3.70. The highest BCUT2D eigenvalue weighted by Gasteiger charge is 2.33. The second kappa shape index (κ2) is 5.44. The van der Waals surface area contributed by atoms with E-state index in [2.05, 4.69) is 15.9 Å². The number of benzene rings is 1. The zero-order chi connectivity index (χ0) is 12.3. The average Bonchev–Trinajstić information content (AvgIpc) is 2.35. The Kier molecular flexibility index (Phi) is 4.15. The fourth-order valence-electron chi connectivity index (χ4n) is 2.24. The molecule has 0 N–H and O–H groups in total. The summed E-state index contributed by atoms with van der Waals surface area (Å²) in [6, 6.07) is 4.04. The van der Waals surface area contributed by atoms with Gasteiger partial charge in [-0.15, -0.1) is 0 Å². The summed E-state index contributed by atoms with van der Waals surface area (Å²) in [7, 11) is 0. The number of hydrogen-bond donors (Lipinski definition) is 0. The number of halogens is 3. The van der Waals surface area contributed by atoms with Crippen molar-refractivity contribution in [3.8, 4) is 0 Å². The Hall–Kier alpha value is -0.480. The molecule has 1 saturated heterocycles. The molecule has 1 fully saturated rings. The monoisotopic (exact) mass is 304 g/mol. The van der Waals surface area contributed by atoms with Crippen LogP contribution < -0.4 is 0 Å². The number of alkyl halides is 1. The molecule has 4 heteroatoms. The van der Waals surface area contributed by atoms with E-state index in [-0.39, 0.29) is 11.0 Å². The zero-order valence-electron chi connectivity index (χ0n) is 9.52. The summed E-state index contributed by atoms with van der Waals surface area (Å²) in [4.78, 5) is 0. The topological polar surface area (TPSA) is 9.23 Å². The normalized spacial score (nSPS) is 19.2. The average molecular weight is 305 g/mol. The maximum absolute atomic E-state index is 13.6. The van der Waals surface area contributed by atoms with Crippen molar-refractivity contribution in [3.63, 3.8) is 0 Å². The van der Waals surface area contributed by atoms with Crippen molar-refractivity contribution >= 4 is 15.9 Å². The van der Waals surface area contributed by atoms with Gasteiger partial charge in [0, 0.05) is 24.1 Å². The molecule has 0 atom stereocenters. The molecule has 1 aliphatic heterocycles. The van der Waals surface area contributed by atoms with Crippen LogP contribution in [0.1, 0.15) is 18.4 Å². The number of hydrogen-bond acceptors (Lipinski definition) is 1. The largest absolute Gasteiger partial charge is 0.381 e. The molecular formula is C13H15BrF2O. The SMILES string of the molecule is Fc1cccc(F)c1CC1(CBr)CCOCC1. The Bertz CT molecular complexity index is 369. The molecule has 2 rings (SSSR count). The third kappa shape index (κ3) is 2.86. The van der Waals surface area contributed by atoms with Crippen LogP contribution in [0, 0.1) is 17.0 Å². The minimum atomic E-state index is -0.447. The molecule has 0 saturated carbocycles. The minimum Gasteiger partial charge on any atom is -0.381 e. The van der Waals surface area contributed by atoms with Gasteiger partial charge in [-0.3, -0.25) is 0 Å². The van der Waals surface area contributed by atoms with Gasteiger partial charge >= 0.3 is 0 Å². The zero-order valence-corrected chi connectivity index (χ0v) is 11.1. The summed E-state index contributed by atoms with van der Waals surface area (Å²) < 4.78 is 32.6. The molecule has 0 spiro atoms. The fraction of sp³-hybridized carbons (Fsp3) is 0.538. The lowest BCUT2D eigenvalue weighted by molar-refractivity contribution is 0.0262. The van der Waals surface area contributed by atoms with E-state index in [1.54, 1.807) is 0 Å². The molecule has 0 aromatic heterocycles. The van der Waals surface area contributed by atoms with E-state index in [0.717, 1.165) is 18.2 Å². The molecule has 1 aromatic rings. The van der Waals surface area contributed by atoms with Crippen LogP contribution in [0.3, 0.4) is 0 Å². The van der Waals surface area contributed by atoms with Crippen molar-refractivity contribution in [1.29, 1.82) is 0 Å². The van der Waals surface area contributed by atoms with Gasteiger partial charge in [0.2, 0.25) is 0 Å². The molecule has 17 heavy (non-hydrogen) atoms. The Labute approximate surface area is 108 Å². The highest BCUT2D eigenvalue weighted by molar-refractivity contribution is 9.09. The van der Waals surface area contributed by atoms with Gasteiger partial charge in [0.05, 0.1) is 0 Å². The molecule has 1 nitrogen and oxygen atoms in total. The lowest BCUT2D eigenvalue weighted by Crippen LogP contribution is -2.33. The standard InChI is InChI=1S/C13H15BrF2O/c14-9-13(4-6-17-7-5-13)8-10-11(15)2-1-3-12(10)16/h1-3H,4-9H2. The van der Waals surface area contributed by atoms with E-state index in [1.807, 2.05) is 0 Å². The summed E-state index contributed by atoms with van der Waals surface area (Å²) in [6.45, 7) is 1.34. The van der Waals surface area contributed by atoms with E-state index in [0.29, 0.717) is 19.6 Å². The third-order valence-electron chi connectivity index (χ3n) is 3.45. The van der Waals surface area contributed by atoms with E-state index < -0.39 is 11.6 Å². The van der Waals surface area contributed by atoms with Crippen molar-refractivity contribution in [2.45, 2.75) is 19.3 Å². The highest BCUT2D eigenvalue weighted by atomic mass is 79.9. The lowest BCUT2D eigenvalue weighted by atomic mass is 9.77. The highest BCUT2D eigenvalue weighted by Crippen LogP contribution is 2.37. The third-order valence-corrected chi connectivity index (χ3v) is 4.64. The van der Waals surface area contributed by atoms with Crippen LogP contribution in [0.4, 0.5) is 8.78 Å². The van der Waals surface area contributed by atoms with E-state index in [1.165, 1.54) is 18.2 Å². The van der Waals surface area contributed by atoms with Crippen LogP contribution in [-0.2, 0) is 11.2 Å². The number of rotatable bonds is 3. The molecule has 1 aliphatic rings. The number of ether oxygens (including phenoxy) is 1. The van der Waals surface area contributed by atoms with Crippen molar-refractivity contribution < 1.29 is 13.5 Å². The first-order valence-corrected chi connectivity index (χ1v) is 6.86. The van der Waals surface area contributed by atoms with E-state index in [9.17, 15) is 8.78 Å². The first-order valence-electron chi connectivity index (χ1n) is 5.73.